The van der Waals surface area contributed by atoms with E-state index in [2.05, 4.69) is 33.4 Å². The lowest BCUT2D eigenvalue weighted by Gasteiger charge is -2.10. The summed E-state index contributed by atoms with van der Waals surface area (Å²) in [7, 11) is 0. The van der Waals surface area contributed by atoms with Crippen LogP contribution in [0.3, 0.4) is 0 Å². The number of aliphatic carboxylic acids is 1. The van der Waals surface area contributed by atoms with Crippen LogP contribution in [0.5, 0.6) is 0 Å². The van der Waals surface area contributed by atoms with Crippen LogP contribution in [-0.2, 0) is 4.79 Å². The van der Waals surface area contributed by atoms with E-state index in [1.54, 1.807) is 0 Å². The standard InChI is InChI=1S/C14H14BrNO2/c15-12-7-8-13(16-9-3-6-14(17)18)11-5-2-1-4-10(11)12/h1-2,4-5,7-8,16H,3,6,9H2,(H,17,18). The van der Waals surface area contributed by atoms with Crippen molar-refractivity contribution in [1.29, 1.82) is 0 Å². The zero-order chi connectivity index (χ0) is 13.0. The molecule has 2 N–H and O–H groups in total. The number of hydrogen-bond acceptors (Lipinski definition) is 2. The van der Waals surface area contributed by atoms with Gasteiger partial charge in [0.05, 0.1) is 0 Å². The van der Waals surface area contributed by atoms with Crippen molar-refractivity contribution in [3.05, 3.63) is 40.9 Å². The summed E-state index contributed by atoms with van der Waals surface area (Å²) < 4.78 is 1.06. The largest absolute Gasteiger partial charge is 0.481 e. The molecule has 0 bridgehead atoms. The molecule has 0 aliphatic heterocycles. The highest BCUT2D eigenvalue weighted by molar-refractivity contribution is 9.10. The highest BCUT2D eigenvalue weighted by Gasteiger charge is 2.03. The Bertz CT molecular complexity index is 569. The zero-order valence-electron chi connectivity index (χ0n) is 9.82. The number of fused-ring (bicyclic) bond motifs is 1. The van der Waals surface area contributed by atoms with Gasteiger partial charge >= 0.3 is 5.97 Å². The van der Waals surface area contributed by atoms with Gasteiger partial charge in [0.1, 0.15) is 0 Å². The van der Waals surface area contributed by atoms with E-state index >= 15 is 0 Å². The molecule has 0 heterocycles. The van der Waals surface area contributed by atoms with Crippen molar-refractivity contribution < 1.29 is 9.90 Å². The number of hydrogen-bond donors (Lipinski definition) is 2. The van der Waals surface area contributed by atoms with Gasteiger partial charge in [-0.25, -0.2) is 0 Å². The molecule has 0 radical (unpaired) electrons. The van der Waals surface area contributed by atoms with Gasteiger partial charge in [0.25, 0.3) is 0 Å². The number of anilines is 1. The summed E-state index contributed by atoms with van der Waals surface area (Å²) in [4.78, 5) is 10.4. The Hall–Kier alpha value is -1.55. The van der Waals surface area contributed by atoms with Crippen molar-refractivity contribution in [3.63, 3.8) is 0 Å². The second-order valence-corrected chi connectivity index (χ2v) is 4.92. The first-order valence-corrected chi connectivity index (χ1v) is 6.60. The molecule has 2 aromatic carbocycles. The third kappa shape index (κ3) is 3.01. The van der Waals surface area contributed by atoms with Crippen molar-refractivity contribution in [3.8, 4) is 0 Å². The zero-order valence-corrected chi connectivity index (χ0v) is 11.4. The molecule has 0 atom stereocenters. The lowest BCUT2D eigenvalue weighted by molar-refractivity contribution is -0.137. The number of carboxylic acid groups (broad SMARTS) is 1. The molecule has 4 heteroatoms. The lowest BCUT2D eigenvalue weighted by atomic mass is 10.1. The fourth-order valence-electron chi connectivity index (χ4n) is 1.88. The van der Waals surface area contributed by atoms with Crippen molar-refractivity contribution >= 4 is 38.4 Å². The van der Waals surface area contributed by atoms with Crippen LogP contribution in [0, 0.1) is 0 Å². The van der Waals surface area contributed by atoms with E-state index in [0.717, 1.165) is 20.9 Å². The van der Waals surface area contributed by atoms with Gasteiger partial charge in [-0.2, -0.15) is 0 Å². The summed E-state index contributed by atoms with van der Waals surface area (Å²) in [6, 6.07) is 12.1. The Morgan fingerprint density at radius 1 is 1.17 bits per heavy atom. The van der Waals surface area contributed by atoms with Gasteiger partial charge in [-0.1, -0.05) is 40.2 Å². The maximum Gasteiger partial charge on any atom is 0.303 e. The first kappa shape index (κ1) is 12.9. The molecule has 0 aliphatic rings. The smallest absolute Gasteiger partial charge is 0.303 e. The quantitative estimate of drug-likeness (QED) is 0.824. The van der Waals surface area contributed by atoms with Gasteiger partial charge in [-0.15, -0.1) is 0 Å². The van der Waals surface area contributed by atoms with Gasteiger partial charge < -0.3 is 10.4 Å². The third-order valence-corrected chi connectivity index (χ3v) is 3.45. The SMILES string of the molecule is O=C(O)CCCNc1ccc(Br)c2ccccc12. The average Bonchev–Trinajstić information content (AvgIpc) is 2.37. The van der Waals surface area contributed by atoms with Crippen molar-refractivity contribution in [2.75, 3.05) is 11.9 Å². The number of halogens is 1. The van der Waals surface area contributed by atoms with Crippen LogP contribution >= 0.6 is 15.9 Å². The van der Waals surface area contributed by atoms with Gasteiger partial charge in [-0.05, 0) is 23.9 Å². The molecule has 2 rings (SSSR count). The Labute approximate surface area is 114 Å². The van der Waals surface area contributed by atoms with Crippen LogP contribution in [0.15, 0.2) is 40.9 Å². The minimum Gasteiger partial charge on any atom is -0.481 e. The van der Waals surface area contributed by atoms with Crippen LogP contribution in [0.25, 0.3) is 10.8 Å². The summed E-state index contributed by atoms with van der Waals surface area (Å²) in [5.41, 5.74) is 1.04. The normalized spacial score (nSPS) is 10.5. The van der Waals surface area contributed by atoms with Crippen molar-refractivity contribution in [2.24, 2.45) is 0 Å². The van der Waals surface area contributed by atoms with Crippen LogP contribution in [0.4, 0.5) is 5.69 Å². The minimum absolute atomic E-state index is 0.196. The molecule has 94 valence electrons. The first-order chi connectivity index (χ1) is 8.68. The fourth-order valence-corrected chi connectivity index (χ4v) is 2.36. The number of carbonyl (C=O) groups is 1. The van der Waals surface area contributed by atoms with Gasteiger partial charge in [0.2, 0.25) is 0 Å². The molecule has 2 aromatic rings. The predicted octanol–water partition coefficient (Wildman–Crippen LogP) is 3.88. The summed E-state index contributed by atoms with van der Waals surface area (Å²) in [5.74, 6) is -0.752. The topological polar surface area (TPSA) is 49.3 Å². The number of rotatable bonds is 5. The second kappa shape index (κ2) is 5.87. The molecule has 0 fully saturated rings. The van der Waals surface area contributed by atoms with E-state index in [1.807, 2.05) is 24.3 Å². The molecular formula is C14H14BrNO2. The van der Waals surface area contributed by atoms with Gasteiger partial charge in [0.15, 0.2) is 0 Å². The fraction of sp³-hybridized carbons (Fsp3) is 0.214. The molecule has 0 aliphatic carbocycles. The van der Waals surface area contributed by atoms with E-state index in [4.69, 9.17) is 5.11 Å². The Morgan fingerprint density at radius 3 is 2.61 bits per heavy atom. The Morgan fingerprint density at radius 2 is 1.89 bits per heavy atom. The summed E-state index contributed by atoms with van der Waals surface area (Å²) in [6.45, 7) is 0.665. The van der Waals surface area contributed by atoms with Crippen molar-refractivity contribution in [1.82, 2.24) is 0 Å². The third-order valence-electron chi connectivity index (χ3n) is 2.75. The van der Waals surface area contributed by atoms with Crippen LogP contribution in [-0.4, -0.2) is 17.6 Å². The van der Waals surface area contributed by atoms with E-state index in [0.29, 0.717) is 13.0 Å². The highest BCUT2D eigenvalue weighted by atomic mass is 79.9. The molecule has 0 spiro atoms. The van der Waals surface area contributed by atoms with Crippen molar-refractivity contribution in [2.45, 2.75) is 12.8 Å². The maximum atomic E-state index is 10.4. The van der Waals surface area contributed by atoms with Gasteiger partial charge in [-0.3, -0.25) is 4.79 Å². The second-order valence-electron chi connectivity index (χ2n) is 4.06. The minimum atomic E-state index is -0.752. The monoisotopic (exact) mass is 307 g/mol. The molecular weight excluding hydrogens is 294 g/mol. The highest BCUT2D eigenvalue weighted by Crippen LogP contribution is 2.29. The predicted molar refractivity (Wildman–Crippen MR) is 77.0 cm³/mol. The average molecular weight is 308 g/mol. The van der Waals surface area contributed by atoms with E-state index < -0.39 is 5.97 Å². The molecule has 0 amide bonds. The molecule has 0 aromatic heterocycles. The maximum absolute atomic E-state index is 10.4. The summed E-state index contributed by atoms with van der Waals surface area (Å²) >= 11 is 3.53. The summed E-state index contributed by atoms with van der Waals surface area (Å²) in [6.07, 6.45) is 0.821. The lowest BCUT2D eigenvalue weighted by Crippen LogP contribution is -2.05. The Balaban J connectivity index is 2.14. The molecule has 0 saturated carbocycles. The molecule has 0 saturated heterocycles. The van der Waals surface area contributed by atoms with Crippen LogP contribution < -0.4 is 5.32 Å². The summed E-state index contributed by atoms with van der Waals surface area (Å²) in [5, 5.41) is 14.2. The Kier molecular flexibility index (Phi) is 4.20. The first-order valence-electron chi connectivity index (χ1n) is 5.81. The van der Waals surface area contributed by atoms with E-state index in [-0.39, 0.29) is 6.42 Å². The number of nitrogens with one attached hydrogen (secondary N) is 1. The van der Waals surface area contributed by atoms with Crippen LogP contribution in [0.1, 0.15) is 12.8 Å². The molecule has 18 heavy (non-hydrogen) atoms. The van der Waals surface area contributed by atoms with E-state index in [9.17, 15) is 4.79 Å². The van der Waals surface area contributed by atoms with Gasteiger partial charge in [0, 0.05) is 28.5 Å². The molecule has 0 unspecified atom stereocenters. The molecule has 3 nitrogen and oxygen atoms in total. The number of benzene rings is 2. The van der Waals surface area contributed by atoms with E-state index in [1.165, 1.54) is 0 Å². The number of carboxylic acids is 1. The van der Waals surface area contributed by atoms with Crippen LogP contribution in [0.2, 0.25) is 0 Å².